The molecule has 0 unspecified atom stereocenters. The van der Waals surface area contributed by atoms with Crippen LogP contribution in [-0.4, -0.2) is 13.2 Å². The summed E-state index contributed by atoms with van der Waals surface area (Å²) >= 11 is 2.22. The van der Waals surface area contributed by atoms with Gasteiger partial charge in [0.1, 0.15) is 6.07 Å². The van der Waals surface area contributed by atoms with E-state index in [9.17, 15) is 0 Å². The molecular formula is C19H21IN2O2. The number of hydrogen-bond acceptors (Lipinski definition) is 4. The van der Waals surface area contributed by atoms with Crippen molar-refractivity contribution in [1.82, 2.24) is 5.32 Å². The van der Waals surface area contributed by atoms with Crippen LogP contribution in [0.5, 0.6) is 11.5 Å². The fourth-order valence-electron chi connectivity index (χ4n) is 2.36. The standard InChI is InChI=1S/C19H21IN2O2/c1-3-23-18-12-15(11-17(20)19(18)24-10-9-21)13-22-14(2)16-7-5-4-6-8-16/h4-8,11-12,14,22H,3,10,13H2,1-2H3/t14-/m1/s1. The van der Waals surface area contributed by atoms with Gasteiger partial charge in [-0.15, -0.1) is 0 Å². The first kappa shape index (κ1) is 18.6. The highest BCUT2D eigenvalue weighted by molar-refractivity contribution is 14.1. The highest BCUT2D eigenvalue weighted by Gasteiger charge is 2.13. The van der Waals surface area contributed by atoms with E-state index < -0.39 is 0 Å². The second-order valence-electron chi connectivity index (χ2n) is 5.30. The van der Waals surface area contributed by atoms with Gasteiger partial charge >= 0.3 is 0 Å². The van der Waals surface area contributed by atoms with Gasteiger partial charge < -0.3 is 14.8 Å². The van der Waals surface area contributed by atoms with Crippen molar-refractivity contribution in [3.8, 4) is 17.6 Å². The summed E-state index contributed by atoms with van der Waals surface area (Å²) in [6.07, 6.45) is 0. The number of ether oxygens (including phenoxy) is 2. The molecule has 5 heteroatoms. The minimum absolute atomic E-state index is 0.0126. The summed E-state index contributed by atoms with van der Waals surface area (Å²) < 4.78 is 12.1. The monoisotopic (exact) mass is 436 g/mol. The van der Waals surface area contributed by atoms with E-state index in [2.05, 4.69) is 53.0 Å². The first-order valence-corrected chi connectivity index (χ1v) is 8.96. The number of benzene rings is 2. The average molecular weight is 436 g/mol. The molecule has 4 nitrogen and oxygen atoms in total. The average Bonchev–Trinajstić information content (AvgIpc) is 2.60. The molecule has 0 spiro atoms. The Hall–Kier alpha value is -1.78. The lowest BCUT2D eigenvalue weighted by atomic mass is 10.1. The third-order valence-corrected chi connectivity index (χ3v) is 4.36. The van der Waals surface area contributed by atoms with Gasteiger partial charge in [-0.25, -0.2) is 0 Å². The third-order valence-electron chi connectivity index (χ3n) is 3.56. The molecule has 0 bridgehead atoms. The van der Waals surface area contributed by atoms with Gasteiger partial charge in [0.15, 0.2) is 18.1 Å². The molecule has 1 N–H and O–H groups in total. The molecule has 1 atom stereocenters. The quantitative estimate of drug-likeness (QED) is 0.622. The smallest absolute Gasteiger partial charge is 0.176 e. The van der Waals surface area contributed by atoms with Crippen molar-refractivity contribution in [2.75, 3.05) is 13.2 Å². The molecule has 2 rings (SSSR count). The minimum atomic E-state index is 0.0126. The minimum Gasteiger partial charge on any atom is -0.490 e. The molecule has 0 aliphatic carbocycles. The van der Waals surface area contributed by atoms with Crippen molar-refractivity contribution in [3.63, 3.8) is 0 Å². The Bertz CT molecular complexity index is 699. The normalized spacial score (nSPS) is 11.6. The van der Waals surface area contributed by atoms with Crippen LogP contribution in [0, 0.1) is 14.9 Å². The highest BCUT2D eigenvalue weighted by Crippen LogP contribution is 2.34. The second-order valence-corrected chi connectivity index (χ2v) is 6.46. The SMILES string of the molecule is CCOc1cc(CN[C@H](C)c2ccccc2)cc(I)c1OCC#N. The molecule has 0 fully saturated rings. The predicted octanol–water partition coefficient (Wildman–Crippen LogP) is 4.44. The van der Waals surface area contributed by atoms with Crippen molar-refractivity contribution in [2.24, 2.45) is 0 Å². The van der Waals surface area contributed by atoms with E-state index in [1.54, 1.807) is 0 Å². The number of nitrogens with one attached hydrogen (secondary N) is 1. The van der Waals surface area contributed by atoms with E-state index in [4.69, 9.17) is 14.7 Å². The lowest BCUT2D eigenvalue weighted by Crippen LogP contribution is -2.18. The van der Waals surface area contributed by atoms with E-state index >= 15 is 0 Å². The number of hydrogen-bond donors (Lipinski definition) is 1. The molecule has 0 saturated heterocycles. The van der Waals surface area contributed by atoms with E-state index in [1.807, 2.05) is 37.3 Å². The van der Waals surface area contributed by atoms with E-state index in [1.165, 1.54) is 5.56 Å². The van der Waals surface area contributed by atoms with Gasteiger partial charge in [-0.2, -0.15) is 5.26 Å². The highest BCUT2D eigenvalue weighted by atomic mass is 127. The molecule has 0 aliphatic heterocycles. The molecule has 0 aromatic heterocycles. The van der Waals surface area contributed by atoms with E-state index in [0.29, 0.717) is 18.1 Å². The molecule has 2 aromatic carbocycles. The molecule has 0 amide bonds. The number of halogens is 1. The maximum atomic E-state index is 8.72. The first-order chi connectivity index (χ1) is 11.7. The van der Waals surface area contributed by atoms with Gasteiger partial charge in [0.05, 0.1) is 10.2 Å². The molecule has 2 aromatic rings. The number of nitrogens with zero attached hydrogens (tertiary/aromatic N) is 1. The van der Waals surface area contributed by atoms with Crippen molar-refractivity contribution in [1.29, 1.82) is 5.26 Å². The summed E-state index contributed by atoms with van der Waals surface area (Å²) in [4.78, 5) is 0. The van der Waals surface area contributed by atoms with Crippen LogP contribution in [0.25, 0.3) is 0 Å². The topological polar surface area (TPSA) is 54.3 Å². The Morgan fingerprint density at radius 3 is 2.62 bits per heavy atom. The van der Waals surface area contributed by atoms with Gasteiger partial charge in [-0.1, -0.05) is 30.3 Å². The van der Waals surface area contributed by atoms with Crippen LogP contribution in [0.3, 0.4) is 0 Å². The summed E-state index contributed by atoms with van der Waals surface area (Å²) in [6.45, 7) is 5.37. The van der Waals surface area contributed by atoms with Crippen molar-refractivity contribution in [3.05, 3.63) is 57.2 Å². The summed E-state index contributed by atoms with van der Waals surface area (Å²) in [5, 5.41) is 12.2. The van der Waals surface area contributed by atoms with Crippen LogP contribution in [0.1, 0.15) is 31.0 Å². The Balaban J connectivity index is 2.11. The van der Waals surface area contributed by atoms with Crippen molar-refractivity contribution >= 4 is 22.6 Å². The Morgan fingerprint density at radius 1 is 1.21 bits per heavy atom. The predicted molar refractivity (Wildman–Crippen MR) is 103 cm³/mol. The zero-order valence-electron chi connectivity index (χ0n) is 13.9. The lowest BCUT2D eigenvalue weighted by molar-refractivity contribution is 0.296. The molecule has 0 radical (unpaired) electrons. The zero-order valence-corrected chi connectivity index (χ0v) is 16.0. The van der Waals surface area contributed by atoms with Crippen molar-refractivity contribution < 1.29 is 9.47 Å². The molecule has 126 valence electrons. The maximum Gasteiger partial charge on any atom is 0.176 e. The van der Waals surface area contributed by atoms with Crippen LogP contribution >= 0.6 is 22.6 Å². The largest absolute Gasteiger partial charge is 0.490 e. The van der Waals surface area contributed by atoms with E-state index in [-0.39, 0.29) is 12.6 Å². The molecule has 0 saturated carbocycles. The maximum absolute atomic E-state index is 8.72. The fourth-order valence-corrected chi connectivity index (χ4v) is 3.18. The number of nitriles is 1. The molecule has 0 heterocycles. The third kappa shape index (κ3) is 5.11. The molecule has 0 aliphatic rings. The van der Waals surface area contributed by atoms with Crippen LogP contribution in [0.15, 0.2) is 42.5 Å². The number of rotatable bonds is 8. The van der Waals surface area contributed by atoms with Crippen LogP contribution in [-0.2, 0) is 6.54 Å². The summed E-state index contributed by atoms with van der Waals surface area (Å²) in [5.41, 5.74) is 2.38. The Morgan fingerprint density at radius 2 is 1.96 bits per heavy atom. The van der Waals surface area contributed by atoms with Gasteiger partial charge in [-0.05, 0) is 59.7 Å². The summed E-state index contributed by atoms with van der Waals surface area (Å²) in [6, 6.07) is 16.6. The van der Waals surface area contributed by atoms with Crippen LogP contribution < -0.4 is 14.8 Å². The van der Waals surface area contributed by atoms with Crippen LogP contribution in [0.4, 0.5) is 0 Å². The van der Waals surface area contributed by atoms with Crippen LogP contribution in [0.2, 0.25) is 0 Å². The summed E-state index contributed by atoms with van der Waals surface area (Å²) in [7, 11) is 0. The van der Waals surface area contributed by atoms with Gasteiger partial charge in [-0.3, -0.25) is 0 Å². The van der Waals surface area contributed by atoms with Gasteiger partial charge in [0, 0.05) is 12.6 Å². The van der Waals surface area contributed by atoms with Gasteiger partial charge in [0.25, 0.3) is 0 Å². The Labute approximate surface area is 156 Å². The van der Waals surface area contributed by atoms with E-state index in [0.717, 1.165) is 15.7 Å². The second kappa shape index (κ2) is 9.50. The molecular weight excluding hydrogens is 415 g/mol. The van der Waals surface area contributed by atoms with Crippen molar-refractivity contribution in [2.45, 2.75) is 26.4 Å². The van der Waals surface area contributed by atoms with Gasteiger partial charge in [0.2, 0.25) is 0 Å². The zero-order chi connectivity index (χ0) is 17.4. The fraction of sp³-hybridized carbons (Fsp3) is 0.316. The summed E-state index contributed by atoms with van der Waals surface area (Å²) in [5.74, 6) is 1.32. The lowest BCUT2D eigenvalue weighted by Gasteiger charge is -2.17. The Kier molecular flexibility index (Phi) is 7.35. The molecule has 24 heavy (non-hydrogen) atoms. The first-order valence-electron chi connectivity index (χ1n) is 7.89.